The average molecular weight is 260 g/mol. The van der Waals surface area contributed by atoms with E-state index in [1.54, 1.807) is 30.3 Å². The molecule has 0 spiro atoms. The van der Waals surface area contributed by atoms with Crippen molar-refractivity contribution >= 4 is 11.6 Å². The van der Waals surface area contributed by atoms with Crippen LogP contribution in [0.1, 0.15) is 5.56 Å². The molecule has 0 amide bonds. The summed E-state index contributed by atoms with van der Waals surface area (Å²) in [5.74, 6) is 1.56. The number of methoxy groups -OCH3 is 1. The van der Waals surface area contributed by atoms with Crippen LogP contribution in [0.2, 0.25) is 5.02 Å². The van der Waals surface area contributed by atoms with Crippen molar-refractivity contribution in [1.29, 1.82) is 5.26 Å². The third-order valence-electron chi connectivity index (χ3n) is 2.35. The molecule has 0 aliphatic heterocycles. The second-order valence-corrected chi connectivity index (χ2v) is 3.92. The van der Waals surface area contributed by atoms with E-state index in [4.69, 9.17) is 26.3 Å². The first-order valence-electron chi connectivity index (χ1n) is 5.25. The number of hydrogen-bond donors (Lipinski definition) is 0. The van der Waals surface area contributed by atoms with Crippen LogP contribution in [-0.2, 0) is 0 Å². The van der Waals surface area contributed by atoms with Crippen LogP contribution in [0, 0.1) is 11.3 Å². The van der Waals surface area contributed by atoms with Gasteiger partial charge in [0.2, 0.25) is 0 Å². The minimum Gasteiger partial charge on any atom is -0.493 e. The smallest absolute Gasteiger partial charge is 0.169 e. The van der Waals surface area contributed by atoms with E-state index in [1.807, 2.05) is 18.2 Å². The Balaban J connectivity index is 2.35. The van der Waals surface area contributed by atoms with Gasteiger partial charge >= 0.3 is 0 Å². The van der Waals surface area contributed by atoms with E-state index >= 15 is 0 Å². The Morgan fingerprint density at radius 3 is 2.50 bits per heavy atom. The van der Waals surface area contributed by atoms with Crippen molar-refractivity contribution in [2.75, 3.05) is 7.11 Å². The molecule has 2 aromatic carbocycles. The van der Waals surface area contributed by atoms with Crippen molar-refractivity contribution in [1.82, 2.24) is 0 Å². The highest BCUT2D eigenvalue weighted by Crippen LogP contribution is 2.35. The molecule has 0 aliphatic carbocycles. The summed E-state index contributed by atoms with van der Waals surface area (Å²) >= 11 is 6.01. The van der Waals surface area contributed by atoms with Crippen LogP contribution in [0.4, 0.5) is 0 Å². The van der Waals surface area contributed by atoms with Crippen molar-refractivity contribution in [3.63, 3.8) is 0 Å². The molecule has 0 fully saturated rings. The van der Waals surface area contributed by atoms with Gasteiger partial charge in [0.1, 0.15) is 5.75 Å². The van der Waals surface area contributed by atoms with Gasteiger partial charge < -0.3 is 9.47 Å². The van der Waals surface area contributed by atoms with E-state index < -0.39 is 0 Å². The number of rotatable bonds is 3. The van der Waals surface area contributed by atoms with Gasteiger partial charge in [0.25, 0.3) is 0 Å². The number of nitriles is 1. The molecule has 0 radical (unpaired) electrons. The number of halogens is 1. The van der Waals surface area contributed by atoms with Crippen molar-refractivity contribution < 1.29 is 9.47 Å². The van der Waals surface area contributed by atoms with Gasteiger partial charge in [-0.05, 0) is 24.3 Å². The Hall–Kier alpha value is -2.18. The molecule has 0 N–H and O–H groups in total. The highest BCUT2D eigenvalue weighted by Gasteiger charge is 2.08. The summed E-state index contributed by atoms with van der Waals surface area (Å²) < 4.78 is 10.8. The Morgan fingerprint density at radius 1 is 1.06 bits per heavy atom. The number of nitrogens with zero attached hydrogens (tertiary/aromatic N) is 1. The van der Waals surface area contributed by atoms with Crippen LogP contribution >= 0.6 is 11.6 Å². The zero-order valence-electron chi connectivity index (χ0n) is 9.68. The molecule has 0 unspecified atom stereocenters. The molecule has 4 heteroatoms. The second-order valence-electron chi connectivity index (χ2n) is 3.51. The molecule has 2 aromatic rings. The third-order valence-corrected chi connectivity index (χ3v) is 2.66. The monoisotopic (exact) mass is 259 g/mol. The molecule has 0 aromatic heterocycles. The summed E-state index contributed by atoms with van der Waals surface area (Å²) in [5, 5.41) is 9.33. The van der Waals surface area contributed by atoms with Gasteiger partial charge in [-0.25, -0.2) is 0 Å². The Kier molecular flexibility index (Phi) is 3.71. The largest absolute Gasteiger partial charge is 0.493 e. The van der Waals surface area contributed by atoms with Crippen LogP contribution in [-0.4, -0.2) is 7.11 Å². The van der Waals surface area contributed by atoms with Gasteiger partial charge in [-0.1, -0.05) is 23.7 Å². The molecule has 0 aliphatic rings. The number of hydrogen-bond acceptors (Lipinski definition) is 3. The number of ether oxygens (including phenoxy) is 2. The topological polar surface area (TPSA) is 42.2 Å². The fraction of sp³-hybridized carbons (Fsp3) is 0.0714. The molecular weight excluding hydrogens is 250 g/mol. The van der Waals surface area contributed by atoms with Crippen molar-refractivity contribution in [3.8, 4) is 23.3 Å². The van der Waals surface area contributed by atoms with E-state index in [9.17, 15) is 0 Å². The molecule has 0 bridgehead atoms. The lowest BCUT2D eigenvalue weighted by atomic mass is 10.2. The fourth-order valence-electron chi connectivity index (χ4n) is 1.47. The maximum Gasteiger partial charge on any atom is 0.169 e. The quantitative estimate of drug-likeness (QED) is 0.836. The minimum absolute atomic E-state index is 0.494. The predicted molar refractivity (Wildman–Crippen MR) is 69.2 cm³/mol. The Bertz CT molecular complexity index is 605. The summed E-state index contributed by atoms with van der Waals surface area (Å²) in [4.78, 5) is 0. The summed E-state index contributed by atoms with van der Waals surface area (Å²) in [7, 11) is 1.52. The highest BCUT2D eigenvalue weighted by molar-refractivity contribution is 6.32. The first-order chi connectivity index (χ1) is 8.74. The van der Waals surface area contributed by atoms with E-state index in [-0.39, 0.29) is 0 Å². The van der Waals surface area contributed by atoms with E-state index in [0.29, 0.717) is 27.8 Å². The molecule has 2 rings (SSSR count). The molecule has 0 atom stereocenters. The third kappa shape index (κ3) is 2.55. The summed E-state index contributed by atoms with van der Waals surface area (Å²) in [6, 6.07) is 14.2. The summed E-state index contributed by atoms with van der Waals surface area (Å²) in [6.45, 7) is 0. The predicted octanol–water partition coefficient (Wildman–Crippen LogP) is 4.01. The second kappa shape index (κ2) is 5.44. The first kappa shape index (κ1) is 12.3. The highest BCUT2D eigenvalue weighted by atomic mass is 35.5. The number of para-hydroxylation sites is 1. The molecule has 0 saturated carbocycles. The summed E-state index contributed by atoms with van der Waals surface area (Å²) in [6.07, 6.45) is 0. The summed E-state index contributed by atoms with van der Waals surface area (Å²) in [5.41, 5.74) is 0.512. The van der Waals surface area contributed by atoms with Crippen molar-refractivity contribution in [3.05, 3.63) is 53.1 Å². The standard InChI is InChI=1S/C14H10ClNO2/c1-17-14-8-10(9-16)6-7-13(14)18-12-5-3-2-4-11(12)15/h2-8H,1H3. The van der Waals surface area contributed by atoms with Crippen LogP contribution in [0.3, 0.4) is 0 Å². The lowest BCUT2D eigenvalue weighted by molar-refractivity contribution is 0.379. The Labute approximate surface area is 110 Å². The van der Waals surface area contributed by atoms with Gasteiger partial charge in [-0.2, -0.15) is 5.26 Å². The van der Waals surface area contributed by atoms with Crippen LogP contribution in [0.5, 0.6) is 17.2 Å². The van der Waals surface area contributed by atoms with Crippen LogP contribution in [0.15, 0.2) is 42.5 Å². The van der Waals surface area contributed by atoms with E-state index in [0.717, 1.165) is 0 Å². The Morgan fingerprint density at radius 2 is 1.83 bits per heavy atom. The SMILES string of the molecule is COc1cc(C#N)ccc1Oc1ccccc1Cl. The molecule has 18 heavy (non-hydrogen) atoms. The molecule has 3 nitrogen and oxygen atoms in total. The zero-order valence-corrected chi connectivity index (χ0v) is 10.4. The lowest BCUT2D eigenvalue weighted by Crippen LogP contribution is -1.91. The maximum atomic E-state index is 8.81. The lowest BCUT2D eigenvalue weighted by Gasteiger charge is -2.11. The van der Waals surface area contributed by atoms with Crippen molar-refractivity contribution in [2.24, 2.45) is 0 Å². The first-order valence-corrected chi connectivity index (χ1v) is 5.63. The van der Waals surface area contributed by atoms with Crippen LogP contribution < -0.4 is 9.47 Å². The van der Waals surface area contributed by atoms with E-state index in [1.165, 1.54) is 7.11 Å². The van der Waals surface area contributed by atoms with Crippen LogP contribution in [0.25, 0.3) is 0 Å². The molecule has 0 heterocycles. The van der Waals surface area contributed by atoms with Gasteiger partial charge in [-0.15, -0.1) is 0 Å². The van der Waals surface area contributed by atoms with Gasteiger partial charge in [0, 0.05) is 6.07 Å². The van der Waals surface area contributed by atoms with Crippen molar-refractivity contribution in [2.45, 2.75) is 0 Å². The molecule has 90 valence electrons. The normalized spacial score (nSPS) is 9.61. The molecule has 0 saturated heterocycles. The minimum atomic E-state index is 0.494. The fourth-order valence-corrected chi connectivity index (χ4v) is 1.64. The van der Waals surface area contributed by atoms with Gasteiger partial charge in [0.05, 0.1) is 23.8 Å². The van der Waals surface area contributed by atoms with E-state index in [2.05, 4.69) is 0 Å². The van der Waals surface area contributed by atoms with Gasteiger partial charge in [0.15, 0.2) is 11.5 Å². The molecular formula is C14H10ClNO2. The maximum absolute atomic E-state index is 8.81. The van der Waals surface area contributed by atoms with Gasteiger partial charge in [-0.3, -0.25) is 0 Å². The average Bonchev–Trinajstić information content (AvgIpc) is 2.41. The number of benzene rings is 2. The zero-order chi connectivity index (χ0) is 13.0.